The Balaban J connectivity index is 2.00. The summed E-state index contributed by atoms with van der Waals surface area (Å²) < 4.78 is 10.3. The van der Waals surface area contributed by atoms with Gasteiger partial charge in [0.2, 0.25) is 0 Å². The van der Waals surface area contributed by atoms with E-state index in [1.54, 1.807) is 14.2 Å². The highest BCUT2D eigenvalue weighted by Gasteiger charge is 2.18. The Labute approximate surface area is 127 Å². The number of carboxylic acids is 1. The van der Waals surface area contributed by atoms with E-state index in [9.17, 15) is 9.59 Å². The lowest BCUT2D eigenvalue weighted by Crippen LogP contribution is -2.28. The van der Waals surface area contributed by atoms with Crippen LogP contribution in [0, 0.1) is 0 Å². The van der Waals surface area contributed by atoms with E-state index in [-0.39, 0.29) is 17.2 Å². The third-order valence-corrected chi connectivity index (χ3v) is 3.31. The van der Waals surface area contributed by atoms with Gasteiger partial charge >= 0.3 is 5.97 Å². The van der Waals surface area contributed by atoms with Crippen LogP contribution in [0.2, 0.25) is 0 Å². The van der Waals surface area contributed by atoms with Gasteiger partial charge in [0.25, 0.3) is 5.91 Å². The highest BCUT2D eigenvalue weighted by molar-refractivity contribution is 5.95. The van der Waals surface area contributed by atoms with Crippen LogP contribution in [0.15, 0.2) is 41.0 Å². The number of rotatable bonds is 6. The molecule has 0 unspecified atom stereocenters. The van der Waals surface area contributed by atoms with Gasteiger partial charge < -0.3 is 19.2 Å². The fourth-order valence-corrected chi connectivity index (χ4v) is 2.05. The summed E-state index contributed by atoms with van der Waals surface area (Å²) in [7, 11) is 3.24. The molecule has 0 spiro atoms. The predicted octanol–water partition coefficient (Wildman–Crippen LogP) is 2.30. The van der Waals surface area contributed by atoms with Gasteiger partial charge in [0, 0.05) is 19.7 Å². The lowest BCUT2D eigenvalue weighted by molar-refractivity contribution is 0.0695. The topological polar surface area (TPSA) is 80.0 Å². The Morgan fingerprint density at radius 1 is 1.32 bits per heavy atom. The van der Waals surface area contributed by atoms with Gasteiger partial charge in [-0.1, -0.05) is 18.2 Å². The van der Waals surface area contributed by atoms with Crippen molar-refractivity contribution in [3.8, 4) is 5.75 Å². The number of furan rings is 1. The standard InChI is InChI=1S/C16H17NO5/c1-17(8-7-11-5-3-4-6-13(11)21-2)15(18)14-9-12(10-22-14)16(19)20/h3-6,9-10H,7-8H2,1-2H3,(H,19,20). The number of carbonyl (C=O) groups is 2. The molecule has 2 rings (SSSR count). The molecule has 0 fully saturated rings. The average Bonchev–Trinajstić information content (AvgIpc) is 3.02. The third kappa shape index (κ3) is 3.46. The molecule has 0 bridgehead atoms. The van der Waals surface area contributed by atoms with Crippen LogP contribution < -0.4 is 4.74 Å². The molecule has 1 aromatic heterocycles. The number of hydrogen-bond donors (Lipinski definition) is 1. The van der Waals surface area contributed by atoms with Crippen molar-refractivity contribution in [2.45, 2.75) is 6.42 Å². The van der Waals surface area contributed by atoms with Gasteiger partial charge in [-0.15, -0.1) is 0 Å². The molecule has 0 atom stereocenters. The van der Waals surface area contributed by atoms with E-state index < -0.39 is 5.97 Å². The Morgan fingerprint density at radius 3 is 2.68 bits per heavy atom. The van der Waals surface area contributed by atoms with Crippen molar-refractivity contribution in [3.63, 3.8) is 0 Å². The largest absolute Gasteiger partial charge is 0.496 e. The number of benzene rings is 1. The van der Waals surface area contributed by atoms with Crippen LogP contribution in [0.25, 0.3) is 0 Å². The van der Waals surface area contributed by atoms with Crippen molar-refractivity contribution < 1.29 is 23.8 Å². The first-order valence-electron chi connectivity index (χ1n) is 6.72. The molecule has 0 saturated heterocycles. The molecule has 116 valence electrons. The number of likely N-dealkylation sites (N-methyl/N-ethyl adjacent to an activating group) is 1. The summed E-state index contributed by atoms with van der Waals surface area (Å²) in [5.41, 5.74) is 0.955. The summed E-state index contributed by atoms with van der Waals surface area (Å²) >= 11 is 0. The molecule has 6 heteroatoms. The second kappa shape index (κ2) is 6.80. The fraction of sp³-hybridized carbons (Fsp3) is 0.250. The lowest BCUT2D eigenvalue weighted by atomic mass is 10.1. The first-order chi connectivity index (χ1) is 10.5. The lowest BCUT2D eigenvalue weighted by Gasteiger charge is -2.16. The molecule has 22 heavy (non-hydrogen) atoms. The van der Waals surface area contributed by atoms with Crippen molar-refractivity contribution in [1.82, 2.24) is 4.90 Å². The van der Waals surface area contributed by atoms with Crippen LogP contribution in [0.3, 0.4) is 0 Å². The molecule has 0 aliphatic carbocycles. The number of aromatic carboxylic acids is 1. The summed E-state index contributed by atoms with van der Waals surface area (Å²) in [6.45, 7) is 0.461. The summed E-state index contributed by atoms with van der Waals surface area (Å²) in [4.78, 5) is 24.4. The van der Waals surface area contributed by atoms with Gasteiger partial charge in [-0.2, -0.15) is 0 Å². The van der Waals surface area contributed by atoms with Crippen LogP contribution in [0.4, 0.5) is 0 Å². The van der Waals surface area contributed by atoms with Crippen LogP contribution in [0.5, 0.6) is 5.75 Å². The SMILES string of the molecule is COc1ccccc1CCN(C)C(=O)c1cc(C(=O)O)co1. The zero-order chi connectivity index (χ0) is 16.1. The number of hydrogen-bond acceptors (Lipinski definition) is 4. The second-order valence-corrected chi connectivity index (χ2v) is 4.79. The van der Waals surface area contributed by atoms with Crippen molar-refractivity contribution in [3.05, 3.63) is 53.5 Å². The van der Waals surface area contributed by atoms with Crippen LogP contribution in [0.1, 0.15) is 26.5 Å². The highest BCUT2D eigenvalue weighted by Crippen LogP contribution is 2.18. The molecule has 0 radical (unpaired) electrons. The molecule has 6 nitrogen and oxygen atoms in total. The zero-order valence-corrected chi connectivity index (χ0v) is 12.4. The van der Waals surface area contributed by atoms with Gasteiger partial charge in [-0.05, 0) is 18.1 Å². The maximum Gasteiger partial charge on any atom is 0.338 e. The molecule has 1 N–H and O–H groups in total. The van der Waals surface area contributed by atoms with E-state index in [1.807, 2.05) is 24.3 Å². The molecular weight excluding hydrogens is 286 g/mol. The number of methoxy groups -OCH3 is 1. The molecule has 2 aromatic rings. The fourth-order valence-electron chi connectivity index (χ4n) is 2.05. The Bertz CT molecular complexity index is 677. The Kier molecular flexibility index (Phi) is 4.83. The molecule has 0 aliphatic heterocycles. The Morgan fingerprint density at radius 2 is 2.05 bits per heavy atom. The summed E-state index contributed by atoms with van der Waals surface area (Å²) in [6.07, 6.45) is 1.68. The smallest absolute Gasteiger partial charge is 0.338 e. The number of para-hydroxylation sites is 1. The molecular formula is C16H17NO5. The first-order valence-corrected chi connectivity index (χ1v) is 6.72. The monoisotopic (exact) mass is 303 g/mol. The summed E-state index contributed by atoms with van der Waals surface area (Å²) in [5, 5.41) is 8.83. The van der Waals surface area contributed by atoms with Gasteiger partial charge in [-0.25, -0.2) is 4.79 Å². The predicted molar refractivity (Wildman–Crippen MR) is 79.3 cm³/mol. The van der Waals surface area contributed by atoms with Gasteiger partial charge in [0.05, 0.1) is 12.7 Å². The van der Waals surface area contributed by atoms with E-state index in [2.05, 4.69) is 0 Å². The minimum atomic E-state index is -1.13. The van der Waals surface area contributed by atoms with E-state index in [0.717, 1.165) is 17.6 Å². The number of ether oxygens (including phenoxy) is 1. The second-order valence-electron chi connectivity index (χ2n) is 4.79. The first kappa shape index (κ1) is 15.6. The molecule has 1 amide bonds. The normalized spacial score (nSPS) is 10.3. The van der Waals surface area contributed by atoms with E-state index in [4.69, 9.17) is 14.3 Å². The Hall–Kier alpha value is -2.76. The molecule has 0 saturated carbocycles. The van der Waals surface area contributed by atoms with Crippen LogP contribution in [-0.2, 0) is 6.42 Å². The molecule has 1 aromatic carbocycles. The van der Waals surface area contributed by atoms with Gasteiger partial charge in [0.1, 0.15) is 12.0 Å². The summed E-state index contributed by atoms with van der Waals surface area (Å²) in [5.74, 6) is -0.698. The van der Waals surface area contributed by atoms with Crippen molar-refractivity contribution >= 4 is 11.9 Å². The van der Waals surface area contributed by atoms with Crippen molar-refractivity contribution in [1.29, 1.82) is 0 Å². The number of nitrogens with zero attached hydrogens (tertiary/aromatic N) is 1. The maximum absolute atomic E-state index is 12.2. The third-order valence-electron chi connectivity index (χ3n) is 3.31. The van der Waals surface area contributed by atoms with Gasteiger partial charge in [0.15, 0.2) is 5.76 Å². The average molecular weight is 303 g/mol. The zero-order valence-electron chi connectivity index (χ0n) is 12.4. The van der Waals surface area contributed by atoms with E-state index >= 15 is 0 Å². The summed E-state index contributed by atoms with van der Waals surface area (Å²) in [6, 6.07) is 8.82. The number of carboxylic acid groups (broad SMARTS) is 1. The van der Waals surface area contributed by atoms with E-state index in [0.29, 0.717) is 13.0 Å². The minimum Gasteiger partial charge on any atom is -0.496 e. The van der Waals surface area contributed by atoms with Crippen molar-refractivity contribution in [2.75, 3.05) is 20.7 Å². The van der Waals surface area contributed by atoms with Crippen molar-refractivity contribution in [2.24, 2.45) is 0 Å². The highest BCUT2D eigenvalue weighted by atomic mass is 16.5. The quantitative estimate of drug-likeness (QED) is 0.885. The van der Waals surface area contributed by atoms with Crippen LogP contribution >= 0.6 is 0 Å². The van der Waals surface area contributed by atoms with Crippen LogP contribution in [-0.4, -0.2) is 42.6 Å². The van der Waals surface area contributed by atoms with E-state index in [1.165, 1.54) is 11.0 Å². The number of carbonyl (C=O) groups excluding carboxylic acids is 1. The van der Waals surface area contributed by atoms with Gasteiger partial charge in [-0.3, -0.25) is 4.79 Å². The maximum atomic E-state index is 12.2. The molecule has 1 heterocycles. The number of amides is 1. The molecule has 0 aliphatic rings. The minimum absolute atomic E-state index is 0.0138.